The molecule has 27 heavy (non-hydrogen) atoms. The normalized spacial score (nSPS) is 11.7. The van der Waals surface area contributed by atoms with Gasteiger partial charge in [0.15, 0.2) is 0 Å². The van der Waals surface area contributed by atoms with E-state index in [-0.39, 0.29) is 11.0 Å². The van der Waals surface area contributed by atoms with E-state index in [1.165, 1.54) is 5.56 Å². The minimum atomic E-state index is -0.302. The predicted octanol–water partition coefficient (Wildman–Crippen LogP) is 6.42. The summed E-state index contributed by atoms with van der Waals surface area (Å²) in [5.74, 6) is 0.616. The van der Waals surface area contributed by atoms with Crippen LogP contribution in [0.3, 0.4) is 0 Å². The Labute approximate surface area is 159 Å². The minimum absolute atomic E-state index is 0.00884. The second kappa shape index (κ2) is 6.55. The van der Waals surface area contributed by atoms with Crippen LogP contribution in [0.15, 0.2) is 88.1 Å². The highest BCUT2D eigenvalue weighted by Crippen LogP contribution is 2.38. The second-order valence-corrected chi connectivity index (χ2v) is 7.84. The van der Waals surface area contributed by atoms with Gasteiger partial charge in [-0.1, -0.05) is 87.5 Å². The highest BCUT2D eigenvalue weighted by molar-refractivity contribution is 6.01. The fourth-order valence-electron chi connectivity index (χ4n) is 3.40. The smallest absolute Gasteiger partial charge is 0.344 e. The molecule has 0 aliphatic carbocycles. The second-order valence-electron chi connectivity index (χ2n) is 7.84. The SMILES string of the molecule is CC(C)(C)c1ccc2c(=O)oc(-c3ccccc3)c(-c3ccccc3)c2c1. The summed E-state index contributed by atoms with van der Waals surface area (Å²) >= 11 is 0. The van der Waals surface area contributed by atoms with Crippen molar-refractivity contribution >= 4 is 10.8 Å². The molecular formula is C25H22O2. The number of benzene rings is 3. The van der Waals surface area contributed by atoms with Gasteiger partial charge in [-0.15, -0.1) is 0 Å². The molecule has 0 aliphatic heterocycles. The molecule has 0 unspecified atom stereocenters. The Balaban J connectivity index is 2.16. The molecule has 2 heteroatoms. The fraction of sp³-hybridized carbons (Fsp3) is 0.160. The van der Waals surface area contributed by atoms with Gasteiger partial charge in [0, 0.05) is 16.5 Å². The van der Waals surface area contributed by atoms with E-state index in [4.69, 9.17) is 4.42 Å². The van der Waals surface area contributed by atoms with Crippen LogP contribution in [0.2, 0.25) is 0 Å². The van der Waals surface area contributed by atoms with Crippen LogP contribution < -0.4 is 5.63 Å². The third kappa shape index (κ3) is 3.19. The van der Waals surface area contributed by atoms with Gasteiger partial charge >= 0.3 is 5.63 Å². The number of hydrogen-bond donors (Lipinski definition) is 0. The summed E-state index contributed by atoms with van der Waals surface area (Å²) in [5, 5.41) is 1.55. The van der Waals surface area contributed by atoms with Gasteiger partial charge in [-0.3, -0.25) is 0 Å². The molecular weight excluding hydrogens is 332 g/mol. The maximum atomic E-state index is 12.8. The van der Waals surface area contributed by atoms with Crippen LogP contribution in [0.4, 0.5) is 0 Å². The van der Waals surface area contributed by atoms with E-state index in [2.05, 4.69) is 39.0 Å². The van der Waals surface area contributed by atoms with Gasteiger partial charge in [-0.25, -0.2) is 4.79 Å². The largest absolute Gasteiger partial charge is 0.422 e. The third-order valence-electron chi connectivity index (χ3n) is 4.90. The Morgan fingerprint density at radius 2 is 1.30 bits per heavy atom. The molecule has 0 atom stereocenters. The van der Waals surface area contributed by atoms with E-state index in [9.17, 15) is 4.79 Å². The monoisotopic (exact) mass is 354 g/mol. The molecule has 4 rings (SSSR count). The molecule has 0 fully saturated rings. The lowest BCUT2D eigenvalue weighted by molar-refractivity contribution is 0.536. The fourth-order valence-corrected chi connectivity index (χ4v) is 3.40. The van der Waals surface area contributed by atoms with Gasteiger partial charge in [0.1, 0.15) is 5.76 Å². The topological polar surface area (TPSA) is 30.2 Å². The van der Waals surface area contributed by atoms with E-state index < -0.39 is 0 Å². The summed E-state index contributed by atoms with van der Waals surface area (Å²) in [6.07, 6.45) is 0. The van der Waals surface area contributed by atoms with Gasteiger partial charge in [0.05, 0.1) is 5.39 Å². The highest BCUT2D eigenvalue weighted by Gasteiger charge is 2.20. The molecule has 0 spiro atoms. The first-order chi connectivity index (χ1) is 12.9. The molecule has 0 N–H and O–H groups in total. The van der Waals surface area contributed by atoms with Crippen LogP contribution in [0.1, 0.15) is 26.3 Å². The summed E-state index contributed by atoms with van der Waals surface area (Å²) in [6, 6.07) is 26.0. The lowest BCUT2D eigenvalue weighted by Crippen LogP contribution is -2.12. The minimum Gasteiger partial charge on any atom is -0.422 e. The Bertz CT molecular complexity index is 1150. The van der Waals surface area contributed by atoms with E-state index in [1.54, 1.807) is 0 Å². The maximum Gasteiger partial charge on any atom is 0.344 e. The Morgan fingerprint density at radius 1 is 0.704 bits per heavy atom. The molecule has 0 saturated heterocycles. The first-order valence-corrected chi connectivity index (χ1v) is 9.17. The van der Waals surface area contributed by atoms with Crippen LogP contribution in [0.25, 0.3) is 33.2 Å². The summed E-state index contributed by atoms with van der Waals surface area (Å²) in [7, 11) is 0. The maximum absolute atomic E-state index is 12.8. The quantitative estimate of drug-likeness (QED) is 0.415. The van der Waals surface area contributed by atoms with Gasteiger partial charge in [0.25, 0.3) is 0 Å². The Morgan fingerprint density at radius 3 is 1.89 bits per heavy atom. The van der Waals surface area contributed by atoms with Crippen LogP contribution in [-0.4, -0.2) is 0 Å². The zero-order valence-corrected chi connectivity index (χ0v) is 15.8. The molecule has 0 aliphatic rings. The van der Waals surface area contributed by atoms with Crippen molar-refractivity contribution < 1.29 is 4.42 Å². The molecule has 0 saturated carbocycles. The van der Waals surface area contributed by atoms with Crippen molar-refractivity contribution in [3.63, 3.8) is 0 Å². The first-order valence-electron chi connectivity index (χ1n) is 9.17. The van der Waals surface area contributed by atoms with Crippen molar-refractivity contribution in [2.75, 3.05) is 0 Å². The van der Waals surface area contributed by atoms with Crippen LogP contribution in [0, 0.1) is 0 Å². The van der Waals surface area contributed by atoms with Crippen molar-refractivity contribution in [2.24, 2.45) is 0 Å². The molecule has 3 aromatic carbocycles. The summed E-state index contributed by atoms with van der Waals surface area (Å²) in [4.78, 5) is 12.8. The van der Waals surface area contributed by atoms with Gasteiger partial charge < -0.3 is 4.42 Å². The van der Waals surface area contributed by atoms with Crippen molar-refractivity contribution in [1.82, 2.24) is 0 Å². The van der Waals surface area contributed by atoms with Crippen molar-refractivity contribution in [2.45, 2.75) is 26.2 Å². The van der Waals surface area contributed by atoms with Crippen molar-refractivity contribution in [3.05, 3.63) is 94.8 Å². The number of fused-ring (bicyclic) bond motifs is 1. The van der Waals surface area contributed by atoms with Crippen molar-refractivity contribution in [1.29, 1.82) is 0 Å². The van der Waals surface area contributed by atoms with E-state index in [0.717, 1.165) is 22.1 Å². The Hall–Kier alpha value is -3.13. The molecule has 2 nitrogen and oxygen atoms in total. The summed E-state index contributed by atoms with van der Waals surface area (Å²) < 4.78 is 5.83. The molecule has 0 bridgehead atoms. The predicted molar refractivity (Wildman–Crippen MR) is 112 cm³/mol. The van der Waals surface area contributed by atoms with E-state index in [0.29, 0.717) is 11.1 Å². The van der Waals surface area contributed by atoms with E-state index in [1.807, 2.05) is 60.7 Å². The molecule has 1 heterocycles. The summed E-state index contributed by atoms with van der Waals surface area (Å²) in [5.41, 5.74) is 3.78. The molecule has 0 radical (unpaired) electrons. The molecule has 0 amide bonds. The molecule has 1 aromatic heterocycles. The molecule has 4 aromatic rings. The Kier molecular flexibility index (Phi) is 4.19. The highest BCUT2D eigenvalue weighted by atomic mass is 16.4. The average molecular weight is 354 g/mol. The average Bonchev–Trinajstić information content (AvgIpc) is 2.68. The molecule has 134 valence electrons. The third-order valence-corrected chi connectivity index (χ3v) is 4.90. The lowest BCUT2D eigenvalue weighted by Gasteiger charge is -2.20. The lowest BCUT2D eigenvalue weighted by atomic mass is 9.84. The summed E-state index contributed by atoms with van der Waals surface area (Å²) in [6.45, 7) is 6.54. The van der Waals surface area contributed by atoms with Crippen LogP contribution in [0.5, 0.6) is 0 Å². The van der Waals surface area contributed by atoms with Crippen LogP contribution in [-0.2, 0) is 5.41 Å². The first kappa shape index (κ1) is 17.3. The number of hydrogen-bond acceptors (Lipinski definition) is 2. The zero-order valence-electron chi connectivity index (χ0n) is 15.8. The van der Waals surface area contributed by atoms with Gasteiger partial charge in [-0.05, 0) is 28.7 Å². The van der Waals surface area contributed by atoms with Gasteiger partial charge in [0.2, 0.25) is 0 Å². The number of rotatable bonds is 2. The van der Waals surface area contributed by atoms with Gasteiger partial charge in [-0.2, -0.15) is 0 Å². The standard InChI is InChI=1S/C25H22O2/c1-25(2,3)19-14-15-20-21(16-19)22(17-10-6-4-7-11-17)23(27-24(20)26)18-12-8-5-9-13-18/h4-16H,1-3H3. The zero-order chi connectivity index (χ0) is 19.0. The van der Waals surface area contributed by atoms with Crippen molar-refractivity contribution in [3.8, 4) is 22.5 Å². The van der Waals surface area contributed by atoms with Crippen LogP contribution >= 0.6 is 0 Å². The van der Waals surface area contributed by atoms with E-state index >= 15 is 0 Å².